The fourth-order valence-corrected chi connectivity index (χ4v) is 2.94. The Balaban J connectivity index is 2.33. The van der Waals surface area contributed by atoms with E-state index >= 15 is 0 Å². The highest BCUT2D eigenvalue weighted by atomic mass is 127. The van der Waals surface area contributed by atoms with Crippen molar-refractivity contribution in [2.75, 3.05) is 0 Å². The number of Topliss-reactive ketones (excluding diaryl/α,β-unsaturated/α-hetero) is 1. The predicted octanol–water partition coefficient (Wildman–Crippen LogP) is 3.77. The number of carbonyl (C=O) groups excluding carboxylic acids is 1. The largest absolute Gasteiger partial charge is 0.488 e. The van der Waals surface area contributed by atoms with Gasteiger partial charge in [-0.25, -0.2) is 4.79 Å². The number of ether oxygens (including phenoxy) is 1. The summed E-state index contributed by atoms with van der Waals surface area (Å²) in [6, 6.07) is 12.6. The highest BCUT2D eigenvalue weighted by Gasteiger charge is 2.20. The molecule has 1 N–H and O–H groups in total. The maximum absolute atomic E-state index is 11.5. The van der Waals surface area contributed by atoms with E-state index in [-0.39, 0.29) is 23.7 Å². The molecule has 0 atom stereocenters. The molecule has 2 aromatic rings. The Hall–Kier alpha value is -1.89. The number of halogens is 1. The molecule has 5 heteroatoms. The molecule has 0 radical (unpaired) electrons. The van der Waals surface area contributed by atoms with Gasteiger partial charge in [-0.2, -0.15) is 0 Å². The summed E-state index contributed by atoms with van der Waals surface area (Å²) >= 11 is 1.87. The molecular formula is C16H13IO4. The van der Waals surface area contributed by atoms with Crippen LogP contribution in [0.3, 0.4) is 0 Å². The van der Waals surface area contributed by atoms with Gasteiger partial charge < -0.3 is 9.84 Å². The van der Waals surface area contributed by atoms with Gasteiger partial charge in [0.25, 0.3) is 0 Å². The van der Waals surface area contributed by atoms with Crippen LogP contribution in [0.5, 0.6) is 5.75 Å². The van der Waals surface area contributed by atoms with Gasteiger partial charge in [-0.05, 0) is 47.2 Å². The van der Waals surface area contributed by atoms with Crippen LogP contribution in [-0.2, 0) is 6.61 Å². The zero-order chi connectivity index (χ0) is 15.4. The van der Waals surface area contributed by atoms with E-state index in [1.165, 1.54) is 13.0 Å². The first-order chi connectivity index (χ1) is 10.0. The van der Waals surface area contributed by atoms with Crippen LogP contribution in [0.4, 0.5) is 0 Å². The fourth-order valence-electron chi connectivity index (χ4n) is 1.89. The average Bonchev–Trinajstić information content (AvgIpc) is 2.45. The summed E-state index contributed by atoms with van der Waals surface area (Å²) < 4.78 is 6.00. The fraction of sp³-hybridized carbons (Fsp3) is 0.125. The minimum atomic E-state index is -1.11. The first-order valence-electron chi connectivity index (χ1n) is 6.24. The van der Waals surface area contributed by atoms with Crippen LogP contribution in [0.25, 0.3) is 0 Å². The second-order valence-corrected chi connectivity index (χ2v) is 5.51. The molecule has 0 aliphatic heterocycles. The van der Waals surface area contributed by atoms with Crippen LogP contribution in [0.15, 0.2) is 42.5 Å². The Labute approximate surface area is 135 Å². The average molecular weight is 396 g/mol. The molecule has 0 bridgehead atoms. The van der Waals surface area contributed by atoms with Gasteiger partial charge in [-0.3, -0.25) is 4.79 Å². The number of aromatic carboxylic acids is 1. The monoisotopic (exact) mass is 396 g/mol. The molecule has 108 valence electrons. The van der Waals surface area contributed by atoms with Crippen LogP contribution in [0.2, 0.25) is 0 Å². The third-order valence-corrected chi connectivity index (χ3v) is 4.05. The molecule has 0 spiro atoms. The Kier molecular flexibility index (Phi) is 4.95. The van der Waals surface area contributed by atoms with Gasteiger partial charge >= 0.3 is 5.97 Å². The number of carboxylic acid groups (broad SMARTS) is 1. The van der Waals surface area contributed by atoms with Gasteiger partial charge in [0.15, 0.2) is 5.78 Å². The molecule has 0 aliphatic rings. The summed E-state index contributed by atoms with van der Waals surface area (Å²) in [7, 11) is 0. The first-order valence-corrected chi connectivity index (χ1v) is 7.32. The van der Waals surface area contributed by atoms with Gasteiger partial charge in [-0.1, -0.05) is 30.3 Å². The number of hydrogen-bond acceptors (Lipinski definition) is 3. The second-order valence-electron chi connectivity index (χ2n) is 4.44. The van der Waals surface area contributed by atoms with Crippen molar-refractivity contribution in [2.24, 2.45) is 0 Å². The van der Waals surface area contributed by atoms with Gasteiger partial charge in [-0.15, -0.1) is 0 Å². The zero-order valence-electron chi connectivity index (χ0n) is 11.3. The van der Waals surface area contributed by atoms with Crippen LogP contribution in [0.1, 0.15) is 33.2 Å². The number of ketones is 1. The minimum Gasteiger partial charge on any atom is -0.488 e. The minimum absolute atomic E-state index is 0.0271. The van der Waals surface area contributed by atoms with Crippen molar-refractivity contribution in [3.05, 3.63) is 62.7 Å². The van der Waals surface area contributed by atoms with E-state index in [0.717, 1.165) is 5.56 Å². The molecule has 2 aromatic carbocycles. The summed E-state index contributed by atoms with van der Waals surface area (Å²) in [5.41, 5.74) is 1.36. The second kappa shape index (κ2) is 6.71. The summed E-state index contributed by atoms with van der Waals surface area (Å²) in [6.07, 6.45) is 0. The van der Waals surface area contributed by atoms with Crippen molar-refractivity contribution in [3.63, 3.8) is 0 Å². The van der Waals surface area contributed by atoms with Crippen molar-refractivity contribution >= 4 is 34.3 Å². The molecule has 21 heavy (non-hydrogen) atoms. The molecule has 0 heterocycles. The lowest BCUT2D eigenvalue weighted by molar-refractivity contribution is 0.0690. The van der Waals surface area contributed by atoms with Crippen LogP contribution in [0, 0.1) is 3.57 Å². The molecule has 4 nitrogen and oxygen atoms in total. The van der Waals surface area contributed by atoms with E-state index in [0.29, 0.717) is 9.13 Å². The number of hydrogen-bond donors (Lipinski definition) is 1. The predicted molar refractivity (Wildman–Crippen MR) is 86.9 cm³/mol. The Morgan fingerprint density at radius 3 is 2.38 bits per heavy atom. The van der Waals surface area contributed by atoms with Crippen molar-refractivity contribution in [1.82, 2.24) is 0 Å². The Bertz CT molecular complexity index is 680. The summed E-state index contributed by atoms with van der Waals surface area (Å²) in [6.45, 7) is 1.68. The highest BCUT2D eigenvalue weighted by molar-refractivity contribution is 14.1. The molecule has 0 unspecified atom stereocenters. The molecule has 2 rings (SSSR count). The maximum atomic E-state index is 11.5. The topological polar surface area (TPSA) is 63.6 Å². The first kappa shape index (κ1) is 15.5. The Morgan fingerprint density at radius 1 is 1.14 bits per heavy atom. The standard InChI is InChI=1S/C16H13IO4/c1-10(18)12-7-8-13(14(15(12)17)16(19)20)21-9-11-5-3-2-4-6-11/h2-8H,9H2,1H3,(H,19,20). The maximum Gasteiger partial charge on any atom is 0.340 e. The Morgan fingerprint density at radius 2 is 1.81 bits per heavy atom. The molecular weight excluding hydrogens is 383 g/mol. The lowest BCUT2D eigenvalue weighted by Crippen LogP contribution is -2.09. The van der Waals surface area contributed by atoms with Gasteiger partial charge in [0, 0.05) is 9.13 Å². The van der Waals surface area contributed by atoms with Gasteiger partial charge in [0.05, 0.1) is 0 Å². The number of carboxylic acids is 1. The zero-order valence-corrected chi connectivity index (χ0v) is 13.5. The van der Waals surface area contributed by atoms with Gasteiger partial charge in [0.2, 0.25) is 0 Å². The highest BCUT2D eigenvalue weighted by Crippen LogP contribution is 2.28. The summed E-state index contributed by atoms with van der Waals surface area (Å²) in [5, 5.41) is 9.35. The van der Waals surface area contributed by atoms with E-state index in [1.54, 1.807) is 6.07 Å². The van der Waals surface area contributed by atoms with Crippen molar-refractivity contribution in [1.29, 1.82) is 0 Å². The molecule has 0 saturated heterocycles. The van der Waals surface area contributed by atoms with Crippen molar-refractivity contribution < 1.29 is 19.4 Å². The number of carbonyl (C=O) groups is 2. The van der Waals surface area contributed by atoms with E-state index in [1.807, 2.05) is 52.9 Å². The molecule has 0 aliphatic carbocycles. The van der Waals surface area contributed by atoms with E-state index in [4.69, 9.17) is 4.74 Å². The lowest BCUT2D eigenvalue weighted by atomic mass is 10.1. The lowest BCUT2D eigenvalue weighted by Gasteiger charge is -2.12. The smallest absolute Gasteiger partial charge is 0.340 e. The van der Waals surface area contributed by atoms with Gasteiger partial charge in [0.1, 0.15) is 17.9 Å². The number of rotatable bonds is 5. The van der Waals surface area contributed by atoms with Crippen LogP contribution in [-0.4, -0.2) is 16.9 Å². The van der Waals surface area contributed by atoms with Crippen LogP contribution < -0.4 is 4.74 Å². The quantitative estimate of drug-likeness (QED) is 0.618. The third-order valence-electron chi connectivity index (χ3n) is 2.93. The molecule has 0 saturated carbocycles. The van der Waals surface area contributed by atoms with E-state index in [9.17, 15) is 14.7 Å². The molecule has 0 aromatic heterocycles. The van der Waals surface area contributed by atoms with E-state index < -0.39 is 5.97 Å². The van der Waals surface area contributed by atoms with Crippen molar-refractivity contribution in [2.45, 2.75) is 13.5 Å². The third kappa shape index (κ3) is 3.60. The van der Waals surface area contributed by atoms with E-state index in [2.05, 4.69) is 0 Å². The van der Waals surface area contributed by atoms with Crippen LogP contribution >= 0.6 is 22.6 Å². The van der Waals surface area contributed by atoms with Crippen molar-refractivity contribution in [3.8, 4) is 5.75 Å². The molecule has 0 amide bonds. The summed E-state index contributed by atoms with van der Waals surface area (Å²) in [4.78, 5) is 22.9. The SMILES string of the molecule is CC(=O)c1ccc(OCc2ccccc2)c(C(=O)O)c1I. The summed E-state index contributed by atoms with van der Waals surface area (Å²) in [5.74, 6) is -1.01. The number of benzene rings is 2. The molecule has 0 fully saturated rings. The normalized spacial score (nSPS) is 10.2.